The van der Waals surface area contributed by atoms with Gasteiger partial charge in [0.1, 0.15) is 0 Å². The SMILES string of the molecule is O=S(=O)(O)OC(CCCCCCCCC(CCC(F)(F)C(F)(F)C(F)(F)C(F)(F)C(F)(F)C(F)(F)F)OS(=O)(=O)O)CCC(F)(F)C(F)(F)C(F)(F)C(F)(F)C(F)(F)C(F)(F)F. The third kappa shape index (κ3) is 12.8. The highest BCUT2D eigenvalue weighted by Gasteiger charge is 2.92. The second kappa shape index (κ2) is 19.0. The Labute approximate surface area is 330 Å². The van der Waals surface area contributed by atoms with Gasteiger partial charge in [-0.05, 0) is 25.7 Å². The first kappa shape index (κ1) is 59.9. The number of hydrogen-bond acceptors (Lipinski definition) is 6. The van der Waals surface area contributed by atoms with E-state index in [2.05, 4.69) is 8.37 Å². The monoisotopic (exact) mass is 1030 g/mol. The van der Waals surface area contributed by atoms with Gasteiger partial charge >= 0.3 is 92.4 Å². The summed E-state index contributed by atoms with van der Waals surface area (Å²) < 4.78 is 416. The summed E-state index contributed by atoms with van der Waals surface area (Å²) in [6.45, 7) is 0. The molecule has 0 fully saturated rings. The zero-order chi connectivity index (χ0) is 50.1. The molecule has 0 rings (SSSR count). The summed E-state index contributed by atoms with van der Waals surface area (Å²) in [5.74, 6) is -77.6. The van der Waals surface area contributed by atoms with Gasteiger partial charge in [-0.2, -0.15) is 131 Å². The van der Waals surface area contributed by atoms with Crippen molar-refractivity contribution in [3.63, 3.8) is 0 Å². The van der Waals surface area contributed by atoms with E-state index in [0.29, 0.717) is 0 Å². The number of halogens is 26. The average Bonchev–Trinajstić information content (AvgIpc) is 3.04. The van der Waals surface area contributed by atoms with Crippen LogP contribution in [-0.4, -0.2) is 110 Å². The Hall–Kier alpha value is -2.08. The van der Waals surface area contributed by atoms with Crippen LogP contribution in [0.2, 0.25) is 0 Å². The van der Waals surface area contributed by atoms with E-state index in [1.165, 1.54) is 0 Å². The first-order valence-corrected chi connectivity index (χ1v) is 18.8. The molecular formula is C26H28F26O8S2. The van der Waals surface area contributed by atoms with Crippen LogP contribution in [0.5, 0.6) is 0 Å². The van der Waals surface area contributed by atoms with E-state index < -0.39 is 156 Å². The van der Waals surface area contributed by atoms with Gasteiger partial charge in [-0.1, -0.05) is 38.5 Å². The van der Waals surface area contributed by atoms with Crippen molar-refractivity contribution in [2.75, 3.05) is 0 Å². The zero-order valence-electron chi connectivity index (χ0n) is 29.6. The first-order valence-electron chi connectivity index (χ1n) is 16.1. The van der Waals surface area contributed by atoms with E-state index in [9.17, 15) is 131 Å². The summed E-state index contributed by atoms with van der Waals surface area (Å²) in [6, 6.07) is 0. The fourth-order valence-electron chi connectivity index (χ4n) is 4.88. The van der Waals surface area contributed by atoms with E-state index in [1.807, 2.05) is 0 Å². The normalized spacial score (nSPS) is 16.8. The minimum absolute atomic E-state index is 0.193. The summed E-state index contributed by atoms with van der Waals surface area (Å²) in [4.78, 5) is 0. The predicted octanol–water partition coefficient (Wildman–Crippen LogP) is 11.5. The van der Waals surface area contributed by atoms with Crippen molar-refractivity contribution in [1.82, 2.24) is 0 Å². The number of rotatable bonds is 27. The Kier molecular flexibility index (Phi) is 18.4. The maximum atomic E-state index is 14.1. The number of unbranched alkanes of at least 4 members (excludes halogenated alkanes) is 5. The summed E-state index contributed by atoms with van der Waals surface area (Å²) >= 11 is 0. The van der Waals surface area contributed by atoms with Crippen molar-refractivity contribution in [3.05, 3.63) is 0 Å². The van der Waals surface area contributed by atoms with Crippen molar-refractivity contribution in [1.29, 1.82) is 0 Å². The van der Waals surface area contributed by atoms with Crippen molar-refractivity contribution in [2.45, 2.75) is 161 Å². The molecule has 0 saturated heterocycles. The molecule has 0 radical (unpaired) electrons. The fraction of sp³-hybridized carbons (Fsp3) is 1.00. The van der Waals surface area contributed by atoms with E-state index in [1.54, 1.807) is 0 Å². The molecule has 0 aliphatic heterocycles. The Bertz CT molecular complexity index is 1560. The molecule has 8 nitrogen and oxygen atoms in total. The molecule has 0 bridgehead atoms. The summed E-state index contributed by atoms with van der Waals surface area (Å²) in [5, 5.41) is 0. The van der Waals surface area contributed by atoms with Crippen molar-refractivity contribution in [2.24, 2.45) is 0 Å². The van der Waals surface area contributed by atoms with Gasteiger partial charge in [-0.15, -0.1) is 0 Å². The van der Waals surface area contributed by atoms with Gasteiger partial charge in [0.05, 0.1) is 12.2 Å². The molecular weight excluding hydrogens is 998 g/mol. The Balaban J connectivity index is 5.63. The molecule has 0 aliphatic carbocycles. The fourth-order valence-corrected chi connectivity index (χ4v) is 5.95. The molecule has 0 saturated carbocycles. The molecule has 0 heterocycles. The smallest absolute Gasteiger partial charge is 0.264 e. The van der Waals surface area contributed by atoms with Gasteiger partial charge in [0.15, 0.2) is 0 Å². The van der Waals surface area contributed by atoms with Crippen molar-refractivity contribution >= 4 is 20.8 Å². The van der Waals surface area contributed by atoms with Crippen LogP contribution in [-0.2, 0) is 29.2 Å². The second-order valence-electron chi connectivity index (χ2n) is 13.1. The van der Waals surface area contributed by atoms with Gasteiger partial charge < -0.3 is 0 Å². The Morgan fingerprint density at radius 3 is 0.742 bits per heavy atom. The molecule has 0 spiro atoms. The van der Waals surface area contributed by atoms with Crippen molar-refractivity contribution < 1.29 is 148 Å². The average molecular weight is 1030 g/mol. The molecule has 62 heavy (non-hydrogen) atoms. The van der Waals surface area contributed by atoms with Gasteiger partial charge in [-0.3, -0.25) is 9.11 Å². The topological polar surface area (TPSA) is 127 Å². The van der Waals surface area contributed by atoms with E-state index in [-0.39, 0.29) is 25.7 Å². The van der Waals surface area contributed by atoms with Gasteiger partial charge in [0.25, 0.3) is 0 Å². The van der Waals surface area contributed by atoms with Crippen LogP contribution < -0.4 is 0 Å². The third-order valence-electron chi connectivity index (χ3n) is 8.37. The van der Waals surface area contributed by atoms with Crippen LogP contribution in [0.15, 0.2) is 0 Å². The summed E-state index contributed by atoms with van der Waals surface area (Å²) in [7, 11) is -11.5. The van der Waals surface area contributed by atoms with E-state index in [4.69, 9.17) is 9.11 Å². The standard InChI is InChI=1S/C26H28F26O8S2/c27-15(28,17(31,32)19(35,36)21(39,40)23(43,44)25(47,48)49)11-9-13(59-61(53,54)55)7-5-3-1-2-4-6-8-14(60-62(56,57)58)10-12-16(29,30)18(33,34)20(37,38)22(41,42)24(45,46)26(50,51)52/h13-14H,1-12H2,(H,53,54,55)(H,56,57,58). The molecule has 2 atom stereocenters. The number of hydrogen-bond donors (Lipinski definition) is 2. The molecule has 0 aromatic heterocycles. The quantitative estimate of drug-likeness (QED) is 0.0473. The lowest BCUT2D eigenvalue weighted by molar-refractivity contribution is -0.440. The van der Waals surface area contributed by atoms with Crippen LogP contribution in [0.1, 0.15) is 77.0 Å². The minimum Gasteiger partial charge on any atom is -0.264 e. The molecule has 2 N–H and O–H groups in total. The molecule has 0 aliphatic rings. The van der Waals surface area contributed by atoms with Crippen molar-refractivity contribution in [3.8, 4) is 0 Å². The summed E-state index contributed by atoms with van der Waals surface area (Å²) in [6.07, 6.45) is -34.1. The lowest BCUT2D eigenvalue weighted by Crippen LogP contribution is -2.70. The maximum Gasteiger partial charge on any atom is 0.460 e. The molecule has 2 unspecified atom stereocenters. The highest BCUT2D eigenvalue weighted by atomic mass is 32.3. The van der Waals surface area contributed by atoms with Crippen LogP contribution >= 0.6 is 0 Å². The molecule has 0 amide bonds. The minimum atomic E-state index is -8.23. The Morgan fingerprint density at radius 1 is 0.323 bits per heavy atom. The lowest BCUT2D eigenvalue weighted by Gasteiger charge is -2.40. The highest BCUT2D eigenvalue weighted by molar-refractivity contribution is 7.81. The van der Waals surface area contributed by atoms with Gasteiger partial charge in [0.2, 0.25) is 0 Å². The van der Waals surface area contributed by atoms with Crippen LogP contribution in [0.25, 0.3) is 0 Å². The third-order valence-corrected chi connectivity index (χ3v) is 9.41. The van der Waals surface area contributed by atoms with E-state index >= 15 is 0 Å². The predicted molar refractivity (Wildman–Crippen MR) is 150 cm³/mol. The Morgan fingerprint density at radius 2 is 0.532 bits per heavy atom. The zero-order valence-corrected chi connectivity index (χ0v) is 31.3. The molecule has 0 aromatic rings. The van der Waals surface area contributed by atoms with Gasteiger partial charge in [-0.25, -0.2) is 8.37 Å². The number of alkyl halides is 26. The highest BCUT2D eigenvalue weighted by Crippen LogP contribution is 2.62. The molecule has 374 valence electrons. The van der Waals surface area contributed by atoms with Gasteiger partial charge in [0, 0.05) is 12.8 Å². The lowest BCUT2D eigenvalue weighted by atomic mass is 9.91. The van der Waals surface area contributed by atoms with Crippen LogP contribution in [0.3, 0.4) is 0 Å². The van der Waals surface area contributed by atoms with Crippen LogP contribution in [0.4, 0.5) is 114 Å². The second-order valence-corrected chi connectivity index (χ2v) is 15.2. The molecule has 0 aromatic carbocycles. The first-order chi connectivity index (χ1) is 26.9. The van der Waals surface area contributed by atoms with E-state index in [0.717, 1.165) is 0 Å². The largest absolute Gasteiger partial charge is 0.460 e. The molecule has 36 heteroatoms. The maximum absolute atomic E-state index is 14.1. The van der Waals surface area contributed by atoms with Crippen LogP contribution in [0, 0.1) is 0 Å². The summed E-state index contributed by atoms with van der Waals surface area (Å²) in [5.41, 5.74) is 0.